The first-order valence-corrected chi connectivity index (χ1v) is 6.10. The normalized spacial score (nSPS) is 21.5. The average molecular weight is 275 g/mol. The fourth-order valence-electron chi connectivity index (χ4n) is 2.54. The molecule has 1 atom stereocenters. The number of rotatable bonds is 3. The van der Waals surface area contributed by atoms with E-state index in [4.69, 9.17) is 5.26 Å². The highest BCUT2D eigenvalue weighted by molar-refractivity contribution is 5.85. The van der Waals surface area contributed by atoms with Crippen LogP contribution in [0.4, 0.5) is 11.4 Å². The molecule has 20 heavy (non-hydrogen) atoms. The number of carboxylic acid groups (broad SMARTS) is 1. The van der Waals surface area contributed by atoms with Crippen LogP contribution >= 0.6 is 0 Å². The van der Waals surface area contributed by atoms with Gasteiger partial charge < -0.3 is 10.0 Å². The number of anilines is 1. The van der Waals surface area contributed by atoms with Gasteiger partial charge in [0.2, 0.25) is 0 Å². The third-order valence-electron chi connectivity index (χ3n) is 3.69. The van der Waals surface area contributed by atoms with E-state index in [1.54, 1.807) is 6.92 Å². The fraction of sp³-hybridized carbons (Fsp3) is 0.385. The number of aliphatic carboxylic acids is 1. The largest absolute Gasteiger partial charge is 0.480 e. The standard InChI is InChI=1S/C13H13N3O4/c1-13(12(17)18)5-2-6-15(13)11-7-9(8-14)3-4-10(11)16(19)20/h3-4,7H,2,5-6H2,1H3,(H,17,18). The number of nitro benzene ring substituents is 1. The van der Waals surface area contributed by atoms with Crippen LogP contribution in [0, 0.1) is 21.4 Å². The van der Waals surface area contributed by atoms with E-state index in [0.717, 1.165) is 0 Å². The second-order valence-electron chi connectivity index (χ2n) is 4.91. The smallest absolute Gasteiger partial charge is 0.329 e. The lowest BCUT2D eigenvalue weighted by Crippen LogP contribution is -2.48. The van der Waals surface area contributed by atoms with Crippen LogP contribution in [-0.2, 0) is 4.79 Å². The van der Waals surface area contributed by atoms with E-state index in [0.29, 0.717) is 19.4 Å². The van der Waals surface area contributed by atoms with Crippen LogP contribution in [0.3, 0.4) is 0 Å². The van der Waals surface area contributed by atoms with E-state index in [-0.39, 0.29) is 16.9 Å². The van der Waals surface area contributed by atoms with Crippen LogP contribution in [0.1, 0.15) is 25.3 Å². The first-order chi connectivity index (χ1) is 9.40. The number of nitriles is 1. The highest BCUT2D eigenvalue weighted by Gasteiger charge is 2.45. The van der Waals surface area contributed by atoms with Crippen molar-refractivity contribution in [1.29, 1.82) is 5.26 Å². The molecule has 0 amide bonds. The molecule has 104 valence electrons. The van der Waals surface area contributed by atoms with Gasteiger partial charge in [0.25, 0.3) is 5.69 Å². The van der Waals surface area contributed by atoms with Crippen molar-refractivity contribution >= 4 is 17.3 Å². The Morgan fingerprint density at radius 3 is 2.85 bits per heavy atom. The minimum Gasteiger partial charge on any atom is -0.480 e. The monoisotopic (exact) mass is 275 g/mol. The molecule has 1 heterocycles. The van der Waals surface area contributed by atoms with Gasteiger partial charge in [0.1, 0.15) is 11.2 Å². The van der Waals surface area contributed by atoms with Gasteiger partial charge in [-0.25, -0.2) is 4.79 Å². The van der Waals surface area contributed by atoms with Crippen molar-refractivity contribution in [3.8, 4) is 6.07 Å². The molecule has 1 saturated heterocycles. The zero-order valence-corrected chi connectivity index (χ0v) is 10.9. The molecule has 1 aromatic rings. The Morgan fingerprint density at radius 2 is 2.30 bits per heavy atom. The molecular formula is C13H13N3O4. The molecule has 0 aliphatic carbocycles. The summed E-state index contributed by atoms with van der Waals surface area (Å²) in [4.78, 5) is 23.5. The van der Waals surface area contributed by atoms with Crippen molar-refractivity contribution in [3.05, 3.63) is 33.9 Å². The van der Waals surface area contributed by atoms with E-state index >= 15 is 0 Å². The van der Waals surface area contributed by atoms with Crippen molar-refractivity contribution in [2.45, 2.75) is 25.3 Å². The van der Waals surface area contributed by atoms with Crippen LogP contribution in [0.2, 0.25) is 0 Å². The number of carbonyl (C=O) groups is 1. The number of hydrogen-bond donors (Lipinski definition) is 1. The second-order valence-corrected chi connectivity index (χ2v) is 4.91. The highest BCUT2D eigenvalue weighted by Crippen LogP contribution is 2.39. The SMILES string of the molecule is CC1(C(=O)O)CCCN1c1cc(C#N)ccc1[N+](=O)[O-]. The predicted octanol–water partition coefficient (Wildman–Crippen LogP) is 1.91. The maximum atomic E-state index is 11.5. The van der Waals surface area contributed by atoms with Crippen molar-refractivity contribution in [2.24, 2.45) is 0 Å². The van der Waals surface area contributed by atoms with Crippen LogP contribution < -0.4 is 4.90 Å². The molecule has 0 radical (unpaired) electrons. The van der Waals surface area contributed by atoms with Gasteiger partial charge in [0.15, 0.2) is 0 Å². The van der Waals surface area contributed by atoms with E-state index in [1.165, 1.54) is 23.1 Å². The Balaban J connectivity index is 2.59. The number of nitro groups is 1. The summed E-state index contributed by atoms with van der Waals surface area (Å²) >= 11 is 0. The lowest BCUT2D eigenvalue weighted by atomic mass is 9.98. The Hall–Kier alpha value is -2.62. The summed E-state index contributed by atoms with van der Waals surface area (Å²) in [6, 6.07) is 5.90. The third kappa shape index (κ3) is 2.05. The van der Waals surface area contributed by atoms with E-state index < -0.39 is 16.4 Å². The summed E-state index contributed by atoms with van der Waals surface area (Å²) in [5.41, 5.74) is -0.904. The summed E-state index contributed by atoms with van der Waals surface area (Å²) < 4.78 is 0. The Bertz CT molecular complexity index is 623. The van der Waals surface area contributed by atoms with Gasteiger partial charge in [-0.3, -0.25) is 10.1 Å². The molecule has 0 saturated carbocycles. The minimum atomic E-state index is -1.18. The van der Waals surface area contributed by atoms with Gasteiger partial charge in [0.05, 0.1) is 16.6 Å². The summed E-state index contributed by atoms with van der Waals surface area (Å²) in [6.45, 7) is 1.96. The first-order valence-electron chi connectivity index (χ1n) is 6.10. The molecule has 1 N–H and O–H groups in total. The maximum absolute atomic E-state index is 11.5. The zero-order chi connectivity index (χ0) is 14.9. The molecule has 0 bridgehead atoms. The Kier molecular flexibility index (Phi) is 3.32. The van der Waals surface area contributed by atoms with Crippen LogP contribution in [0.15, 0.2) is 18.2 Å². The Labute approximate surface area is 115 Å². The molecule has 1 fully saturated rings. The van der Waals surface area contributed by atoms with Crippen LogP contribution in [0.25, 0.3) is 0 Å². The van der Waals surface area contributed by atoms with Crippen LogP contribution in [-0.4, -0.2) is 28.1 Å². The van der Waals surface area contributed by atoms with Crippen molar-refractivity contribution in [1.82, 2.24) is 0 Å². The number of carboxylic acids is 1. The number of nitrogens with zero attached hydrogens (tertiary/aromatic N) is 3. The van der Waals surface area contributed by atoms with Gasteiger partial charge in [-0.2, -0.15) is 5.26 Å². The molecule has 1 aromatic carbocycles. The summed E-state index contributed by atoms with van der Waals surface area (Å²) in [6.07, 6.45) is 1.05. The lowest BCUT2D eigenvalue weighted by Gasteiger charge is -2.32. The lowest BCUT2D eigenvalue weighted by molar-refractivity contribution is -0.384. The minimum absolute atomic E-state index is 0.182. The van der Waals surface area contributed by atoms with Gasteiger partial charge in [0, 0.05) is 12.6 Å². The summed E-state index contributed by atoms with van der Waals surface area (Å²) in [5.74, 6) is -1.02. The van der Waals surface area contributed by atoms with E-state index in [1.807, 2.05) is 6.07 Å². The molecule has 0 aromatic heterocycles. The molecule has 1 aliphatic rings. The third-order valence-corrected chi connectivity index (χ3v) is 3.69. The predicted molar refractivity (Wildman–Crippen MR) is 70.4 cm³/mol. The molecule has 2 rings (SSSR count). The molecule has 0 spiro atoms. The van der Waals surface area contributed by atoms with E-state index in [2.05, 4.69) is 0 Å². The first kappa shape index (κ1) is 13.8. The molecule has 7 heteroatoms. The Morgan fingerprint density at radius 1 is 1.60 bits per heavy atom. The summed E-state index contributed by atoms with van der Waals surface area (Å²) in [5, 5.41) is 29.4. The van der Waals surface area contributed by atoms with Crippen molar-refractivity contribution in [3.63, 3.8) is 0 Å². The van der Waals surface area contributed by atoms with Crippen molar-refractivity contribution < 1.29 is 14.8 Å². The summed E-state index contributed by atoms with van der Waals surface area (Å²) in [7, 11) is 0. The average Bonchev–Trinajstić information content (AvgIpc) is 2.81. The molecule has 1 unspecified atom stereocenters. The highest BCUT2D eigenvalue weighted by atomic mass is 16.6. The van der Waals surface area contributed by atoms with Crippen LogP contribution in [0.5, 0.6) is 0 Å². The topological polar surface area (TPSA) is 107 Å². The molecule has 1 aliphatic heterocycles. The quantitative estimate of drug-likeness (QED) is 0.666. The number of benzene rings is 1. The molecule has 7 nitrogen and oxygen atoms in total. The van der Waals surface area contributed by atoms with Gasteiger partial charge in [-0.15, -0.1) is 0 Å². The van der Waals surface area contributed by atoms with Crippen molar-refractivity contribution in [2.75, 3.05) is 11.4 Å². The second kappa shape index (κ2) is 4.81. The van der Waals surface area contributed by atoms with E-state index in [9.17, 15) is 20.0 Å². The fourth-order valence-corrected chi connectivity index (χ4v) is 2.54. The number of hydrogen-bond acceptors (Lipinski definition) is 5. The van der Waals surface area contributed by atoms with Gasteiger partial charge >= 0.3 is 5.97 Å². The molecular weight excluding hydrogens is 262 g/mol. The zero-order valence-electron chi connectivity index (χ0n) is 10.9. The van der Waals surface area contributed by atoms with Gasteiger partial charge in [-0.05, 0) is 31.9 Å². The maximum Gasteiger partial charge on any atom is 0.329 e. The van der Waals surface area contributed by atoms with Gasteiger partial charge in [-0.1, -0.05) is 0 Å².